The molecule has 1 heterocycles. The standard InChI is InChI=1S/C14H20O3S/c1-12-6-5-9-14(17-12)18(15,16)11-10-13-7-3-2-4-8-13/h2-4,7-8,12,14H,5-6,9-11H2,1H3/t12-,14-/m0/s1. The zero-order valence-corrected chi connectivity index (χ0v) is 11.5. The van der Waals surface area contributed by atoms with Gasteiger partial charge in [0, 0.05) is 0 Å². The first-order valence-corrected chi connectivity index (χ1v) is 8.20. The van der Waals surface area contributed by atoms with Crippen LogP contribution in [-0.2, 0) is 21.0 Å². The highest BCUT2D eigenvalue weighted by molar-refractivity contribution is 7.91. The number of ether oxygens (including phenoxy) is 1. The van der Waals surface area contributed by atoms with E-state index in [2.05, 4.69) is 0 Å². The van der Waals surface area contributed by atoms with E-state index in [0.29, 0.717) is 12.8 Å². The molecular formula is C14H20O3S. The first-order valence-electron chi connectivity index (χ1n) is 6.49. The van der Waals surface area contributed by atoms with Crippen molar-refractivity contribution in [1.29, 1.82) is 0 Å². The zero-order chi connectivity index (χ0) is 13.0. The van der Waals surface area contributed by atoms with Gasteiger partial charge >= 0.3 is 0 Å². The van der Waals surface area contributed by atoms with E-state index >= 15 is 0 Å². The fraction of sp³-hybridized carbons (Fsp3) is 0.571. The number of aryl methyl sites for hydroxylation is 1. The van der Waals surface area contributed by atoms with E-state index in [-0.39, 0.29) is 11.9 Å². The minimum Gasteiger partial charge on any atom is -0.359 e. The summed E-state index contributed by atoms with van der Waals surface area (Å²) in [6, 6.07) is 9.71. The van der Waals surface area contributed by atoms with Crippen LogP contribution in [0.25, 0.3) is 0 Å². The Kier molecular flexibility index (Phi) is 4.40. The van der Waals surface area contributed by atoms with E-state index in [1.807, 2.05) is 37.3 Å². The first kappa shape index (κ1) is 13.6. The lowest BCUT2D eigenvalue weighted by molar-refractivity contribution is 0.00289. The largest absolute Gasteiger partial charge is 0.359 e. The van der Waals surface area contributed by atoms with Gasteiger partial charge in [-0.05, 0) is 38.2 Å². The van der Waals surface area contributed by atoms with Gasteiger partial charge in [0.2, 0.25) is 0 Å². The summed E-state index contributed by atoms with van der Waals surface area (Å²) in [7, 11) is -3.14. The van der Waals surface area contributed by atoms with Crippen molar-refractivity contribution in [3.63, 3.8) is 0 Å². The molecule has 2 atom stereocenters. The van der Waals surface area contributed by atoms with Gasteiger partial charge in [0.15, 0.2) is 15.3 Å². The molecule has 1 aromatic carbocycles. The molecule has 0 amide bonds. The molecule has 18 heavy (non-hydrogen) atoms. The minimum absolute atomic E-state index is 0.0650. The molecule has 3 nitrogen and oxygen atoms in total. The monoisotopic (exact) mass is 268 g/mol. The Hall–Kier alpha value is -0.870. The van der Waals surface area contributed by atoms with E-state index in [9.17, 15) is 8.42 Å². The van der Waals surface area contributed by atoms with Crippen LogP contribution >= 0.6 is 0 Å². The van der Waals surface area contributed by atoms with Crippen LogP contribution < -0.4 is 0 Å². The van der Waals surface area contributed by atoms with Crippen molar-refractivity contribution >= 4 is 9.84 Å². The lowest BCUT2D eigenvalue weighted by Gasteiger charge is -2.27. The molecule has 0 bridgehead atoms. The van der Waals surface area contributed by atoms with Gasteiger partial charge in [0.1, 0.15) is 0 Å². The van der Waals surface area contributed by atoms with Crippen molar-refractivity contribution < 1.29 is 13.2 Å². The maximum atomic E-state index is 12.2. The summed E-state index contributed by atoms with van der Waals surface area (Å²) < 4.78 is 29.9. The lowest BCUT2D eigenvalue weighted by Crippen LogP contribution is -2.34. The Morgan fingerprint density at radius 2 is 1.94 bits per heavy atom. The minimum atomic E-state index is -3.14. The predicted molar refractivity (Wildman–Crippen MR) is 72.1 cm³/mol. The first-order chi connectivity index (χ1) is 8.58. The van der Waals surface area contributed by atoms with Crippen LogP contribution in [0.5, 0.6) is 0 Å². The van der Waals surface area contributed by atoms with Crippen molar-refractivity contribution in [2.24, 2.45) is 0 Å². The molecule has 0 aliphatic carbocycles. The summed E-state index contributed by atoms with van der Waals surface area (Å²) in [6.07, 6.45) is 3.18. The van der Waals surface area contributed by atoms with E-state index in [4.69, 9.17) is 4.74 Å². The number of hydrogen-bond acceptors (Lipinski definition) is 3. The highest BCUT2D eigenvalue weighted by Crippen LogP contribution is 2.23. The molecule has 0 spiro atoms. The van der Waals surface area contributed by atoms with E-state index in [0.717, 1.165) is 18.4 Å². The third kappa shape index (κ3) is 3.56. The highest BCUT2D eigenvalue weighted by Gasteiger charge is 2.30. The third-order valence-electron chi connectivity index (χ3n) is 3.35. The molecule has 0 N–H and O–H groups in total. The van der Waals surface area contributed by atoms with Crippen molar-refractivity contribution in [2.45, 2.75) is 44.1 Å². The Morgan fingerprint density at radius 3 is 2.61 bits per heavy atom. The van der Waals surface area contributed by atoms with E-state index in [1.165, 1.54) is 0 Å². The van der Waals surface area contributed by atoms with E-state index in [1.54, 1.807) is 0 Å². The van der Waals surface area contributed by atoms with E-state index < -0.39 is 15.3 Å². The molecule has 4 heteroatoms. The SMILES string of the molecule is C[C@H]1CCC[C@H](S(=O)(=O)CCc2ccccc2)O1. The molecule has 2 rings (SSSR count). The van der Waals surface area contributed by atoms with Crippen LogP contribution in [-0.4, -0.2) is 25.7 Å². The smallest absolute Gasteiger partial charge is 0.177 e. The topological polar surface area (TPSA) is 43.4 Å². The number of benzene rings is 1. The predicted octanol–water partition coefficient (Wildman–Crippen LogP) is 2.56. The number of sulfone groups is 1. The third-order valence-corrected chi connectivity index (χ3v) is 5.27. The van der Waals surface area contributed by atoms with Gasteiger partial charge in [-0.1, -0.05) is 30.3 Å². The summed E-state index contributed by atoms with van der Waals surface area (Å²) in [5.41, 5.74) is 0.467. The summed E-state index contributed by atoms with van der Waals surface area (Å²) in [4.78, 5) is 0. The fourth-order valence-electron chi connectivity index (χ4n) is 2.27. The normalized spacial score (nSPS) is 24.9. The second kappa shape index (κ2) is 5.85. The van der Waals surface area contributed by atoms with Crippen LogP contribution in [0.15, 0.2) is 30.3 Å². The second-order valence-corrected chi connectivity index (χ2v) is 7.17. The Morgan fingerprint density at radius 1 is 1.22 bits per heavy atom. The zero-order valence-electron chi connectivity index (χ0n) is 10.7. The Labute approximate surface area is 109 Å². The summed E-state index contributed by atoms with van der Waals surface area (Å²) >= 11 is 0. The summed E-state index contributed by atoms with van der Waals surface area (Å²) in [6.45, 7) is 1.94. The lowest BCUT2D eigenvalue weighted by atomic mass is 10.1. The second-order valence-electron chi connectivity index (χ2n) is 4.91. The van der Waals surface area contributed by atoms with Crippen molar-refractivity contribution in [1.82, 2.24) is 0 Å². The van der Waals surface area contributed by atoms with Gasteiger partial charge < -0.3 is 4.74 Å². The van der Waals surface area contributed by atoms with Gasteiger partial charge in [0.25, 0.3) is 0 Å². The molecule has 1 aromatic rings. The van der Waals surface area contributed by atoms with Gasteiger partial charge in [-0.3, -0.25) is 0 Å². The maximum Gasteiger partial charge on any atom is 0.177 e. The fourth-order valence-corrected chi connectivity index (χ4v) is 3.94. The molecule has 0 aromatic heterocycles. The van der Waals surface area contributed by atoms with Crippen molar-refractivity contribution in [3.05, 3.63) is 35.9 Å². The molecule has 0 unspecified atom stereocenters. The number of hydrogen-bond donors (Lipinski definition) is 0. The van der Waals surface area contributed by atoms with Gasteiger partial charge in [0.05, 0.1) is 11.9 Å². The average Bonchev–Trinajstić information content (AvgIpc) is 2.38. The maximum absolute atomic E-state index is 12.2. The van der Waals surface area contributed by atoms with Gasteiger partial charge in [-0.2, -0.15) is 0 Å². The molecule has 1 aliphatic heterocycles. The molecular weight excluding hydrogens is 248 g/mol. The average molecular weight is 268 g/mol. The van der Waals surface area contributed by atoms with Gasteiger partial charge in [-0.15, -0.1) is 0 Å². The molecule has 1 fully saturated rings. The molecule has 1 aliphatic rings. The summed E-state index contributed by atoms with van der Waals surface area (Å²) in [5.74, 6) is 0.175. The molecule has 0 radical (unpaired) electrons. The van der Waals surface area contributed by atoms with Crippen molar-refractivity contribution in [2.75, 3.05) is 5.75 Å². The van der Waals surface area contributed by atoms with Gasteiger partial charge in [-0.25, -0.2) is 8.42 Å². The Balaban J connectivity index is 1.95. The highest BCUT2D eigenvalue weighted by atomic mass is 32.2. The van der Waals surface area contributed by atoms with Crippen LogP contribution in [0.2, 0.25) is 0 Å². The van der Waals surface area contributed by atoms with Crippen molar-refractivity contribution in [3.8, 4) is 0 Å². The quantitative estimate of drug-likeness (QED) is 0.843. The molecule has 1 saturated heterocycles. The number of rotatable bonds is 4. The summed E-state index contributed by atoms with van der Waals surface area (Å²) in [5, 5.41) is 0. The van der Waals surface area contributed by atoms with Crippen LogP contribution in [0.3, 0.4) is 0 Å². The molecule has 0 saturated carbocycles. The Bertz CT molecular complexity index is 467. The van der Waals surface area contributed by atoms with Crippen LogP contribution in [0.4, 0.5) is 0 Å². The van der Waals surface area contributed by atoms with Crippen LogP contribution in [0, 0.1) is 0 Å². The molecule has 100 valence electrons. The van der Waals surface area contributed by atoms with Crippen LogP contribution in [0.1, 0.15) is 31.7 Å².